The van der Waals surface area contributed by atoms with Gasteiger partial charge in [-0.1, -0.05) is 24.2 Å². The van der Waals surface area contributed by atoms with Crippen LogP contribution >= 0.6 is 0 Å². The zero-order chi connectivity index (χ0) is 13.1. The molecule has 0 bridgehead atoms. The quantitative estimate of drug-likeness (QED) is 0.366. The third-order valence-corrected chi connectivity index (χ3v) is 3.32. The van der Waals surface area contributed by atoms with Gasteiger partial charge in [0.15, 0.2) is 0 Å². The summed E-state index contributed by atoms with van der Waals surface area (Å²) in [5.41, 5.74) is 7.65. The van der Waals surface area contributed by atoms with Crippen LogP contribution in [0.1, 0.15) is 18.9 Å². The average Bonchev–Trinajstić information content (AvgIpc) is 2.80. The van der Waals surface area contributed by atoms with Gasteiger partial charge >= 0.3 is 0 Å². The van der Waals surface area contributed by atoms with Crippen LogP contribution in [-0.4, -0.2) is 23.5 Å². The Morgan fingerprint density at radius 1 is 1.50 bits per heavy atom. The van der Waals surface area contributed by atoms with Gasteiger partial charge in [-0.2, -0.15) is 0 Å². The third kappa shape index (κ3) is 2.30. The van der Waals surface area contributed by atoms with E-state index in [4.69, 9.17) is 10.9 Å². The first kappa shape index (κ1) is 12.4. The van der Waals surface area contributed by atoms with Gasteiger partial charge < -0.3 is 15.8 Å². The number of anilines is 1. The fourth-order valence-electron chi connectivity index (χ4n) is 2.15. The maximum absolute atomic E-state index is 11.9. The van der Waals surface area contributed by atoms with Crippen LogP contribution in [0.5, 0.6) is 0 Å². The molecule has 0 aromatic heterocycles. The Morgan fingerprint density at radius 2 is 2.17 bits per heavy atom. The number of rotatable bonds is 3. The summed E-state index contributed by atoms with van der Waals surface area (Å²) in [6, 6.07) is 7.90. The molecule has 1 aromatic rings. The van der Waals surface area contributed by atoms with Crippen molar-refractivity contribution in [2.75, 3.05) is 11.4 Å². The Hall–Kier alpha value is -2.04. The minimum atomic E-state index is -0.201. The number of aryl methyl sites for hydroxylation is 1. The molecular formula is C13H17N3O2. The van der Waals surface area contributed by atoms with Gasteiger partial charge in [0.1, 0.15) is 5.84 Å². The first-order chi connectivity index (χ1) is 8.65. The molecule has 1 heterocycles. The van der Waals surface area contributed by atoms with Crippen molar-refractivity contribution in [2.24, 2.45) is 16.8 Å². The van der Waals surface area contributed by atoms with Crippen LogP contribution in [0.2, 0.25) is 0 Å². The normalized spacial score (nSPS) is 20.5. The van der Waals surface area contributed by atoms with Crippen LogP contribution < -0.4 is 10.6 Å². The molecule has 1 unspecified atom stereocenters. The molecule has 0 saturated carbocycles. The molecule has 1 atom stereocenters. The predicted octanol–water partition coefficient (Wildman–Crippen LogP) is 1.35. The van der Waals surface area contributed by atoms with Crippen LogP contribution in [0.4, 0.5) is 5.69 Å². The van der Waals surface area contributed by atoms with Crippen molar-refractivity contribution in [3.8, 4) is 0 Å². The third-order valence-electron chi connectivity index (χ3n) is 3.32. The van der Waals surface area contributed by atoms with Crippen molar-refractivity contribution in [1.29, 1.82) is 0 Å². The van der Waals surface area contributed by atoms with E-state index >= 15 is 0 Å². The number of benzene rings is 1. The van der Waals surface area contributed by atoms with E-state index in [9.17, 15) is 4.79 Å². The van der Waals surface area contributed by atoms with E-state index in [0.717, 1.165) is 12.1 Å². The van der Waals surface area contributed by atoms with Crippen molar-refractivity contribution in [2.45, 2.75) is 19.8 Å². The first-order valence-corrected chi connectivity index (χ1v) is 6.02. The van der Waals surface area contributed by atoms with Crippen molar-refractivity contribution in [1.82, 2.24) is 0 Å². The van der Waals surface area contributed by atoms with Crippen LogP contribution in [0.15, 0.2) is 29.4 Å². The lowest BCUT2D eigenvalue weighted by Crippen LogP contribution is -2.28. The number of hydrogen-bond acceptors (Lipinski definition) is 3. The molecule has 0 spiro atoms. The van der Waals surface area contributed by atoms with Crippen LogP contribution in [0, 0.1) is 5.92 Å². The van der Waals surface area contributed by atoms with Gasteiger partial charge in [-0.05, 0) is 24.1 Å². The van der Waals surface area contributed by atoms with E-state index in [-0.39, 0.29) is 17.7 Å². The minimum Gasteiger partial charge on any atom is -0.409 e. The average molecular weight is 247 g/mol. The molecule has 1 aromatic carbocycles. The second kappa shape index (κ2) is 5.08. The number of carbonyl (C=O) groups excluding carboxylic acids is 1. The van der Waals surface area contributed by atoms with Crippen molar-refractivity contribution in [3.05, 3.63) is 29.8 Å². The van der Waals surface area contributed by atoms with Gasteiger partial charge in [0.25, 0.3) is 0 Å². The van der Waals surface area contributed by atoms with Gasteiger partial charge in [0.05, 0.1) is 0 Å². The van der Waals surface area contributed by atoms with E-state index < -0.39 is 0 Å². The molecular weight excluding hydrogens is 230 g/mol. The zero-order valence-electron chi connectivity index (χ0n) is 10.3. The molecule has 3 N–H and O–H groups in total. The number of hydrogen-bond donors (Lipinski definition) is 2. The van der Waals surface area contributed by atoms with Crippen LogP contribution in [0.3, 0.4) is 0 Å². The topological polar surface area (TPSA) is 78.9 Å². The summed E-state index contributed by atoms with van der Waals surface area (Å²) in [7, 11) is 0. The van der Waals surface area contributed by atoms with E-state index in [1.165, 1.54) is 5.56 Å². The van der Waals surface area contributed by atoms with Gasteiger partial charge in [-0.3, -0.25) is 4.79 Å². The monoisotopic (exact) mass is 247 g/mol. The highest BCUT2D eigenvalue weighted by atomic mass is 16.4. The lowest BCUT2D eigenvalue weighted by Gasteiger charge is -2.16. The van der Waals surface area contributed by atoms with Crippen LogP contribution in [0.25, 0.3) is 0 Å². The zero-order valence-corrected chi connectivity index (χ0v) is 10.3. The second-order valence-electron chi connectivity index (χ2n) is 4.45. The molecule has 0 radical (unpaired) electrons. The standard InChI is InChI=1S/C13H17N3O2/c1-2-9-3-5-11(6-4-9)16-8-10(7-12(16)17)13(14)15-18/h3-6,10,18H,2,7-8H2,1H3,(H2,14,15). The van der Waals surface area contributed by atoms with E-state index in [1.54, 1.807) is 4.90 Å². The van der Waals surface area contributed by atoms with E-state index in [0.29, 0.717) is 13.0 Å². The molecule has 96 valence electrons. The lowest BCUT2D eigenvalue weighted by molar-refractivity contribution is -0.117. The molecule has 2 rings (SSSR count). The number of carbonyl (C=O) groups is 1. The molecule has 1 saturated heterocycles. The van der Waals surface area contributed by atoms with E-state index in [2.05, 4.69) is 12.1 Å². The molecule has 1 fully saturated rings. The Balaban J connectivity index is 2.16. The summed E-state index contributed by atoms with van der Waals surface area (Å²) in [4.78, 5) is 13.6. The van der Waals surface area contributed by atoms with Gasteiger partial charge in [0.2, 0.25) is 5.91 Å². The van der Waals surface area contributed by atoms with Crippen molar-refractivity contribution in [3.63, 3.8) is 0 Å². The Morgan fingerprint density at radius 3 is 2.72 bits per heavy atom. The maximum Gasteiger partial charge on any atom is 0.227 e. The molecule has 1 aliphatic rings. The van der Waals surface area contributed by atoms with Gasteiger partial charge in [-0.15, -0.1) is 0 Å². The maximum atomic E-state index is 11.9. The molecule has 18 heavy (non-hydrogen) atoms. The number of nitrogens with two attached hydrogens (primary N) is 1. The minimum absolute atomic E-state index is 0.0100. The summed E-state index contributed by atoms with van der Waals surface area (Å²) in [6.07, 6.45) is 1.27. The summed E-state index contributed by atoms with van der Waals surface area (Å²) < 4.78 is 0. The first-order valence-electron chi connectivity index (χ1n) is 6.02. The summed E-state index contributed by atoms with van der Waals surface area (Å²) in [6.45, 7) is 2.56. The summed E-state index contributed by atoms with van der Waals surface area (Å²) >= 11 is 0. The molecule has 5 nitrogen and oxygen atoms in total. The fourth-order valence-corrected chi connectivity index (χ4v) is 2.15. The molecule has 0 aliphatic carbocycles. The van der Waals surface area contributed by atoms with Gasteiger partial charge in [-0.25, -0.2) is 0 Å². The van der Waals surface area contributed by atoms with Crippen LogP contribution in [-0.2, 0) is 11.2 Å². The highest BCUT2D eigenvalue weighted by Crippen LogP contribution is 2.25. The van der Waals surface area contributed by atoms with E-state index in [1.807, 2.05) is 24.3 Å². The highest BCUT2D eigenvalue weighted by Gasteiger charge is 2.33. The molecule has 1 aliphatic heterocycles. The van der Waals surface area contributed by atoms with Gasteiger partial charge in [0, 0.05) is 24.6 Å². The lowest BCUT2D eigenvalue weighted by atomic mass is 10.1. The Labute approximate surface area is 106 Å². The smallest absolute Gasteiger partial charge is 0.227 e. The Kier molecular flexibility index (Phi) is 3.50. The largest absolute Gasteiger partial charge is 0.409 e. The summed E-state index contributed by atoms with van der Waals surface area (Å²) in [5, 5.41) is 11.6. The van der Waals surface area contributed by atoms with Crippen molar-refractivity contribution < 1.29 is 10.0 Å². The predicted molar refractivity (Wildman–Crippen MR) is 69.7 cm³/mol. The number of oxime groups is 1. The molecule has 1 amide bonds. The molecule has 5 heteroatoms. The van der Waals surface area contributed by atoms with Crippen molar-refractivity contribution >= 4 is 17.4 Å². The highest BCUT2D eigenvalue weighted by molar-refractivity contribution is 6.01. The summed E-state index contributed by atoms with van der Waals surface area (Å²) in [5.74, 6) is -0.0692. The number of amides is 1. The SMILES string of the molecule is CCc1ccc(N2CC(/C(N)=N/O)CC2=O)cc1. The number of amidine groups is 1. The number of nitrogens with zero attached hydrogens (tertiary/aromatic N) is 2. The fraction of sp³-hybridized carbons (Fsp3) is 0.385. The Bertz CT molecular complexity index is 468. The second-order valence-corrected chi connectivity index (χ2v) is 4.45.